The van der Waals surface area contributed by atoms with Crippen molar-refractivity contribution in [3.8, 4) is 17.3 Å². The summed E-state index contributed by atoms with van der Waals surface area (Å²) in [7, 11) is 0. The number of carboxylic acids is 1. The van der Waals surface area contributed by atoms with Crippen LogP contribution in [-0.2, 0) is 4.79 Å². The number of hydrogen-bond donors (Lipinski definition) is 3. The maximum atomic E-state index is 13.7. The van der Waals surface area contributed by atoms with Crippen LogP contribution in [0.3, 0.4) is 0 Å². The number of nitrogens with two attached hydrogens (primary N) is 1. The molecule has 0 saturated heterocycles. The lowest BCUT2D eigenvalue weighted by atomic mass is 10.3. The Labute approximate surface area is 167 Å². The number of ether oxygens (including phenoxy) is 1. The minimum atomic E-state index is -1.25. The zero-order valence-electron chi connectivity index (χ0n) is 14.5. The molecule has 0 aliphatic heterocycles. The van der Waals surface area contributed by atoms with E-state index in [0.29, 0.717) is 11.4 Å². The number of aromatic nitrogens is 5. The van der Waals surface area contributed by atoms with Crippen LogP contribution in [0, 0.1) is 5.82 Å². The van der Waals surface area contributed by atoms with Gasteiger partial charge in [0, 0.05) is 12.7 Å². The number of amides is 1. The van der Waals surface area contributed by atoms with Gasteiger partial charge in [-0.05, 0) is 35.5 Å². The summed E-state index contributed by atoms with van der Waals surface area (Å²) in [6.45, 7) is -0.288. The van der Waals surface area contributed by atoms with E-state index in [2.05, 4.69) is 25.7 Å². The highest BCUT2D eigenvalue weighted by atomic mass is 35.5. The predicted molar refractivity (Wildman–Crippen MR) is 96.4 cm³/mol. The number of carbonyl (C=O) groups excluding carboxylic acids is 1. The molecule has 0 aliphatic carbocycles. The first-order valence-electron chi connectivity index (χ1n) is 7.99. The molecule has 1 unspecified atom stereocenters. The highest BCUT2D eigenvalue weighted by molar-refractivity contribution is 6.30. The average Bonchev–Trinajstić information content (AvgIpc) is 3.19. The highest BCUT2D eigenvalue weighted by Crippen LogP contribution is 2.24. The van der Waals surface area contributed by atoms with Crippen molar-refractivity contribution in [3.63, 3.8) is 0 Å². The molecule has 1 atom stereocenters. The van der Waals surface area contributed by atoms with Gasteiger partial charge in [-0.15, -0.1) is 15.0 Å². The molecule has 0 fully saturated rings. The lowest BCUT2D eigenvalue weighted by Crippen LogP contribution is -2.42. The van der Waals surface area contributed by atoms with Crippen LogP contribution in [0.15, 0.2) is 36.5 Å². The van der Waals surface area contributed by atoms with Gasteiger partial charge in [-0.1, -0.05) is 11.6 Å². The number of rotatable bonds is 7. The Morgan fingerprint density at radius 3 is 2.72 bits per heavy atom. The Hall–Kier alpha value is -3.64. The SMILES string of the molecule is NC(CNC(=O)c1nnn(-c2ccc(Oc3ncc(Cl)cc3F)cc2)n1)C(=O)O. The monoisotopic (exact) mass is 421 g/mol. The number of tetrazole rings is 1. The van der Waals surface area contributed by atoms with Gasteiger partial charge < -0.3 is 20.9 Å². The Balaban J connectivity index is 1.66. The van der Waals surface area contributed by atoms with Crippen LogP contribution in [-0.4, -0.2) is 54.8 Å². The molecule has 11 nitrogen and oxygen atoms in total. The van der Waals surface area contributed by atoms with Crippen LogP contribution in [0.25, 0.3) is 5.69 Å². The van der Waals surface area contributed by atoms with Crippen molar-refractivity contribution in [2.24, 2.45) is 5.73 Å². The molecule has 4 N–H and O–H groups in total. The van der Waals surface area contributed by atoms with Crippen molar-refractivity contribution in [2.75, 3.05) is 6.54 Å². The number of hydrogen-bond acceptors (Lipinski definition) is 8. The number of benzene rings is 1. The van der Waals surface area contributed by atoms with E-state index in [4.69, 9.17) is 27.2 Å². The first-order chi connectivity index (χ1) is 13.8. The van der Waals surface area contributed by atoms with Crippen molar-refractivity contribution < 1.29 is 23.8 Å². The van der Waals surface area contributed by atoms with Crippen LogP contribution in [0.5, 0.6) is 11.6 Å². The van der Waals surface area contributed by atoms with Gasteiger partial charge in [0.25, 0.3) is 17.6 Å². The van der Waals surface area contributed by atoms with Crippen LogP contribution < -0.4 is 15.8 Å². The van der Waals surface area contributed by atoms with Gasteiger partial charge in [-0.25, -0.2) is 9.37 Å². The van der Waals surface area contributed by atoms with E-state index >= 15 is 0 Å². The molecule has 13 heteroatoms. The Bertz CT molecular complexity index is 1040. The average molecular weight is 422 g/mol. The molecule has 3 aromatic rings. The number of halogens is 2. The number of aliphatic carboxylic acids is 1. The van der Waals surface area contributed by atoms with E-state index in [0.717, 1.165) is 10.9 Å². The quantitative estimate of drug-likeness (QED) is 0.501. The van der Waals surface area contributed by atoms with Crippen molar-refractivity contribution in [3.05, 3.63) is 53.2 Å². The summed E-state index contributed by atoms with van der Waals surface area (Å²) in [5.41, 5.74) is 5.74. The molecule has 1 amide bonds. The van der Waals surface area contributed by atoms with Crippen molar-refractivity contribution >= 4 is 23.5 Å². The van der Waals surface area contributed by atoms with E-state index < -0.39 is 23.7 Å². The molecule has 0 spiro atoms. The molecule has 0 aliphatic rings. The molecule has 2 heterocycles. The van der Waals surface area contributed by atoms with E-state index in [1.165, 1.54) is 18.3 Å². The lowest BCUT2D eigenvalue weighted by Gasteiger charge is -2.06. The minimum absolute atomic E-state index is 0.146. The molecule has 2 aromatic heterocycles. The van der Waals surface area contributed by atoms with Gasteiger partial charge in [0.15, 0.2) is 5.82 Å². The lowest BCUT2D eigenvalue weighted by molar-refractivity contribution is -0.138. The topological polar surface area (TPSA) is 158 Å². The van der Waals surface area contributed by atoms with Crippen molar-refractivity contribution in [2.45, 2.75) is 6.04 Å². The predicted octanol–water partition coefficient (Wildman–Crippen LogP) is 0.784. The number of carboxylic acid groups (broad SMARTS) is 1. The second kappa shape index (κ2) is 8.58. The fourth-order valence-corrected chi connectivity index (χ4v) is 2.16. The Morgan fingerprint density at radius 2 is 2.07 bits per heavy atom. The highest BCUT2D eigenvalue weighted by Gasteiger charge is 2.17. The largest absolute Gasteiger partial charge is 0.480 e. The fraction of sp³-hybridized carbons (Fsp3) is 0.125. The molecular weight excluding hydrogens is 409 g/mol. The fourth-order valence-electron chi connectivity index (χ4n) is 2.02. The molecule has 0 bridgehead atoms. The third kappa shape index (κ3) is 5.00. The van der Waals surface area contributed by atoms with E-state index in [9.17, 15) is 14.0 Å². The molecule has 0 saturated carbocycles. The first-order valence-corrected chi connectivity index (χ1v) is 8.37. The third-order valence-electron chi connectivity index (χ3n) is 3.47. The van der Waals surface area contributed by atoms with E-state index in [1.807, 2.05) is 0 Å². The minimum Gasteiger partial charge on any atom is -0.480 e. The summed E-state index contributed by atoms with van der Waals surface area (Å²) in [5, 5.41) is 22.4. The number of carbonyl (C=O) groups is 2. The summed E-state index contributed by atoms with van der Waals surface area (Å²) < 4.78 is 19.1. The maximum Gasteiger partial charge on any atom is 0.322 e. The second-order valence-corrected chi connectivity index (χ2v) is 6.03. The number of nitrogens with one attached hydrogen (secondary N) is 1. The molecular formula is C16H13ClFN7O4. The van der Waals surface area contributed by atoms with Crippen LogP contribution >= 0.6 is 11.6 Å². The first kappa shape index (κ1) is 20.1. The summed E-state index contributed by atoms with van der Waals surface area (Å²) >= 11 is 5.64. The van der Waals surface area contributed by atoms with Gasteiger partial charge in [0.2, 0.25) is 0 Å². The third-order valence-corrected chi connectivity index (χ3v) is 3.68. The Kier molecular flexibility index (Phi) is 5.95. The van der Waals surface area contributed by atoms with Gasteiger partial charge >= 0.3 is 5.97 Å². The standard InChI is InChI=1S/C16H13ClFN7O4/c17-8-5-11(18)15(21-6-8)29-10-3-1-9(2-4-10)25-23-13(22-24-25)14(26)20-7-12(19)16(27)28/h1-6,12H,7,19H2,(H,20,26)(H,27,28). The smallest absolute Gasteiger partial charge is 0.322 e. The molecule has 0 radical (unpaired) electrons. The normalized spacial score (nSPS) is 11.7. The molecule has 3 rings (SSSR count). The van der Waals surface area contributed by atoms with Crippen LogP contribution in [0.4, 0.5) is 4.39 Å². The van der Waals surface area contributed by atoms with Gasteiger partial charge in [0.1, 0.15) is 11.8 Å². The zero-order chi connectivity index (χ0) is 21.0. The number of pyridine rings is 1. The summed E-state index contributed by atoms with van der Waals surface area (Å²) in [5.74, 6) is -2.90. The summed E-state index contributed by atoms with van der Waals surface area (Å²) in [4.78, 5) is 27.4. The summed E-state index contributed by atoms with van der Waals surface area (Å²) in [6.07, 6.45) is 1.25. The molecule has 1 aromatic carbocycles. The molecule has 29 heavy (non-hydrogen) atoms. The van der Waals surface area contributed by atoms with Crippen LogP contribution in [0.2, 0.25) is 5.02 Å². The number of nitrogens with zero attached hydrogens (tertiary/aromatic N) is 5. The summed E-state index contributed by atoms with van der Waals surface area (Å²) in [6, 6.07) is 5.95. The van der Waals surface area contributed by atoms with E-state index in [-0.39, 0.29) is 23.3 Å². The van der Waals surface area contributed by atoms with Gasteiger partial charge in [-0.3, -0.25) is 9.59 Å². The maximum absolute atomic E-state index is 13.7. The zero-order valence-corrected chi connectivity index (χ0v) is 15.2. The van der Waals surface area contributed by atoms with Crippen molar-refractivity contribution in [1.29, 1.82) is 0 Å². The second-order valence-electron chi connectivity index (χ2n) is 5.59. The van der Waals surface area contributed by atoms with Gasteiger partial charge in [-0.2, -0.15) is 0 Å². The van der Waals surface area contributed by atoms with Crippen molar-refractivity contribution in [1.82, 2.24) is 30.5 Å². The van der Waals surface area contributed by atoms with E-state index in [1.54, 1.807) is 12.1 Å². The molecule has 150 valence electrons. The Morgan fingerprint density at radius 1 is 1.34 bits per heavy atom. The van der Waals surface area contributed by atoms with Crippen LogP contribution in [0.1, 0.15) is 10.6 Å². The van der Waals surface area contributed by atoms with Gasteiger partial charge in [0.05, 0.1) is 10.7 Å².